The molecule has 7 heteroatoms. The van der Waals surface area contributed by atoms with Gasteiger partial charge in [-0.1, -0.05) is 6.92 Å². The molecule has 0 aromatic carbocycles. The van der Waals surface area contributed by atoms with Gasteiger partial charge in [-0.05, 0) is 37.7 Å². The number of halogens is 3. The van der Waals surface area contributed by atoms with Crippen molar-refractivity contribution in [3.63, 3.8) is 0 Å². The van der Waals surface area contributed by atoms with E-state index in [1.165, 1.54) is 6.20 Å². The number of aromatic nitrogens is 2. The van der Waals surface area contributed by atoms with E-state index in [0.717, 1.165) is 36.4 Å². The third-order valence-corrected chi connectivity index (χ3v) is 4.15. The number of hydrogen-bond acceptors (Lipinski definition) is 2. The largest absolute Gasteiger partial charge is 0.435 e. The lowest BCUT2D eigenvalue weighted by atomic mass is 9.87. The van der Waals surface area contributed by atoms with Crippen LogP contribution >= 0.6 is 0 Å². The summed E-state index contributed by atoms with van der Waals surface area (Å²) < 4.78 is 38.4. The Kier molecular flexibility index (Phi) is 4.58. The van der Waals surface area contributed by atoms with Gasteiger partial charge in [0.05, 0.1) is 0 Å². The molecule has 1 fully saturated rings. The second-order valence-corrected chi connectivity index (χ2v) is 5.81. The Labute approximate surface area is 121 Å². The van der Waals surface area contributed by atoms with Crippen molar-refractivity contribution in [2.24, 2.45) is 5.92 Å². The predicted molar refractivity (Wildman–Crippen MR) is 71.4 cm³/mol. The second kappa shape index (κ2) is 6.07. The van der Waals surface area contributed by atoms with Crippen LogP contribution in [0.25, 0.3) is 0 Å². The van der Waals surface area contributed by atoms with E-state index in [4.69, 9.17) is 0 Å². The van der Waals surface area contributed by atoms with Crippen LogP contribution in [0.2, 0.25) is 0 Å². The molecule has 0 saturated heterocycles. The summed E-state index contributed by atoms with van der Waals surface area (Å²) in [5.74, 6) is 0.483. The lowest BCUT2D eigenvalue weighted by Gasteiger charge is -2.33. The third-order valence-electron chi connectivity index (χ3n) is 4.15. The molecular weight excluding hydrogens is 283 g/mol. The molecule has 1 amide bonds. The van der Waals surface area contributed by atoms with Crippen molar-refractivity contribution in [2.45, 2.75) is 51.4 Å². The van der Waals surface area contributed by atoms with Gasteiger partial charge in [-0.2, -0.15) is 18.3 Å². The number of rotatable bonds is 3. The van der Waals surface area contributed by atoms with E-state index in [-0.39, 0.29) is 18.5 Å². The van der Waals surface area contributed by atoms with Crippen molar-refractivity contribution in [1.82, 2.24) is 14.7 Å². The molecule has 0 spiro atoms. The summed E-state index contributed by atoms with van der Waals surface area (Å²) in [7, 11) is 1.72. The highest BCUT2D eigenvalue weighted by Gasteiger charge is 2.34. The van der Waals surface area contributed by atoms with Crippen LogP contribution in [0.3, 0.4) is 0 Å². The predicted octanol–water partition coefficient (Wildman–Crippen LogP) is 2.94. The molecule has 21 heavy (non-hydrogen) atoms. The molecule has 0 N–H and O–H groups in total. The quantitative estimate of drug-likeness (QED) is 0.861. The van der Waals surface area contributed by atoms with E-state index in [1.807, 2.05) is 0 Å². The van der Waals surface area contributed by atoms with Crippen LogP contribution in [0.4, 0.5) is 13.2 Å². The Morgan fingerprint density at radius 1 is 1.38 bits per heavy atom. The normalized spacial score (nSPS) is 23.1. The monoisotopic (exact) mass is 303 g/mol. The van der Waals surface area contributed by atoms with E-state index in [2.05, 4.69) is 12.0 Å². The Morgan fingerprint density at radius 3 is 2.52 bits per heavy atom. The molecule has 1 aliphatic rings. The highest BCUT2D eigenvalue weighted by Crippen LogP contribution is 2.28. The molecular formula is C14H20F3N3O. The van der Waals surface area contributed by atoms with Crippen molar-refractivity contribution in [2.75, 3.05) is 7.05 Å². The van der Waals surface area contributed by atoms with Crippen LogP contribution in [0.5, 0.6) is 0 Å². The van der Waals surface area contributed by atoms with Gasteiger partial charge >= 0.3 is 6.18 Å². The maximum absolute atomic E-state index is 12.5. The lowest BCUT2D eigenvalue weighted by Crippen LogP contribution is -2.41. The van der Waals surface area contributed by atoms with Crippen LogP contribution in [-0.2, 0) is 17.5 Å². The van der Waals surface area contributed by atoms with Gasteiger partial charge in [0, 0.05) is 19.3 Å². The zero-order valence-corrected chi connectivity index (χ0v) is 12.2. The van der Waals surface area contributed by atoms with Crippen molar-refractivity contribution >= 4 is 5.91 Å². The third kappa shape index (κ3) is 3.98. The Balaban J connectivity index is 1.93. The molecule has 0 bridgehead atoms. The molecule has 0 unspecified atom stereocenters. The molecule has 1 aliphatic carbocycles. The topological polar surface area (TPSA) is 38.1 Å². The van der Waals surface area contributed by atoms with Crippen molar-refractivity contribution in [1.29, 1.82) is 0 Å². The first-order valence-electron chi connectivity index (χ1n) is 7.13. The number of likely N-dealkylation sites (N-methyl/N-ethyl adjacent to an activating group) is 1. The SMILES string of the molecule is CC1CCC(N(C)C(=O)Cn2ccc(C(F)(F)F)n2)CC1. The zero-order valence-electron chi connectivity index (χ0n) is 12.2. The fourth-order valence-electron chi connectivity index (χ4n) is 2.68. The van der Waals surface area contributed by atoms with E-state index >= 15 is 0 Å². The minimum Gasteiger partial charge on any atom is -0.341 e. The smallest absolute Gasteiger partial charge is 0.341 e. The summed E-state index contributed by atoms with van der Waals surface area (Å²) in [6.07, 6.45) is 0.800. The van der Waals surface area contributed by atoms with Crippen LogP contribution < -0.4 is 0 Å². The van der Waals surface area contributed by atoms with Crippen LogP contribution in [0.1, 0.15) is 38.3 Å². The molecule has 0 aliphatic heterocycles. The maximum atomic E-state index is 12.5. The van der Waals surface area contributed by atoms with E-state index in [1.54, 1.807) is 11.9 Å². The summed E-state index contributed by atoms with van der Waals surface area (Å²) in [6, 6.07) is 1.07. The van der Waals surface area contributed by atoms with Gasteiger partial charge in [0.25, 0.3) is 0 Å². The standard InChI is InChI=1S/C14H20F3N3O/c1-10-3-5-11(6-4-10)19(2)13(21)9-20-8-7-12(18-20)14(15,16)17/h7-8,10-11H,3-6,9H2,1-2H3. The maximum Gasteiger partial charge on any atom is 0.435 e. The highest BCUT2D eigenvalue weighted by molar-refractivity contribution is 5.75. The molecule has 4 nitrogen and oxygen atoms in total. The highest BCUT2D eigenvalue weighted by atomic mass is 19.4. The summed E-state index contributed by atoms with van der Waals surface area (Å²) in [6.45, 7) is 2.04. The van der Waals surface area contributed by atoms with E-state index < -0.39 is 11.9 Å². The zero-order chi connectivity index (χ0) is 15.6. The van der Waals surface area contributed by atoms with E-state index in [9.17, 15) is 18.0 Å². The van der Waals surface area contributed by atoms with Gasteiger partial charge in [-0.15, -0.1) is 0 Å². The summed E-state index contributed by atoms with van der Waals surface area (Å²) in [4.78, 5) is 13.8. The number of alkyl halides is 3. The number of nitrogens with zero attached hydrogens (tertiary/aromatic N) is 3. The average molecular weight is 303 g/mol. The minimum absolute atomic E-state index is 0.154. The summed E-state index contributed by atoms with van der Waals surface area (Å²) in [5.41, 5.74) is -0.968. The Morgan fingerprint density at radius 2 is 2.00 bits per heavy atom. The first kappa shape index (κ1) is 15.9. The fourth-order valence-corrected chi connectivity index (χ4v) is 2.68. The van der Waals surface area contributed by atoms with Crippen LogP contribution in [-0.4, -0.2) is 33.7 Å². The lowest BCUT2D eigenvalue weighted by molar-refractivity contribution is -0.142. The average Bonchev–Trinajstić information content (AvgIpc) is 2.87. The summed E-state index contributed by atoms with van der Waals surface area (Å²) in [5, 5.41) is 3.41. The molecule has 1 saturated carbocycles. The second-order valence-electron chi connectivity index (χ2n) is 5.81. The van der Waals surface area contributed by atoms with Crippen LogP contribution in [0, 0.1) is 5.92 Å². The Bertz CT molecular complexity index is 490. The minimum atomic E-state index is -4.47. The van der Waals surface area contributed by atoms with Gasteiger partial charge in [0.1, 0.15) is 6.54 Å². The van der Waals surface area contributed by atoms with Gasteiger partial charge in [0.15, 0.2) is 5.69 Å². The number of amides is 1. The number of carbonyl (C=O) groups is 1. The molecule has 1 aromatic rings. The molecule has 0 atom stereocenters. The molecule has 1 aromatic heterocycles. The number of carbonyl (C=O) groups excluding carboxylic acids is 1. The van der Waals surface area contributed by atoms with Crippen molar-refractivity contribution in [3.05, 3.63) is 18.0 Å². The fraction of sp³-hybridized carbons (Fsp3) is 0.714. The Hall–Kier alpha value is -1.53. The molecule has 1 heterocycles. The van der Waals surface area contributed by atoms with Gasteiger partial charge in [0.2, 0.25) is 5.91 Å². The van der Waals surface area contributed by atoms with Gasteiger partial charge < -0.3 is 4.90 Å². The van der Waals surface area contributed by atoms with E-state index in [0.29, 0.717) is 5.92 Å². The molecule has 2 rings (SSSR count). The number of hydrogen-bond donors (Lipinski definition) is 0. The van der Waals surface area contributed by atoms with Gasteiger partial charge in [-0.25, -0.2) is 0 Å². The van der Waals surface area contributed by atoms with Crippen molar-refractivity contribution in [3.8, 4) is 0 Å². The van der Waals surface area contributed by atoms with Gasteiger partial charge in [-0.3, -0.25) is 9.48 Å². The molecule has 118 valence electrons. The van der Waals surface area contributed by atoms with Crippen LogP contribution in [0.15, 0.2) is 12.3 Å². The molecule has 0 radical (unpaired) electrons. The first-order valence-corrected chi connectivity index (χ1v) is 7.13. The van der Waals surface area contributed by atoms with Crippen molar-refractivity contribution < 1.29 is 18.0 Å². The summed E-state index contributed by atoms with van der Waals surface area (Å²) >= 11 is 0. The first-order chi connectivity index (χ1) is 9.77.